The van der Waals surface area contributed by atoms with Gasteiger partial charge in [0, 0.05) is 22.3 Å². The van der Waals surface area contributed by atoms with Gasteiger partial charge < -0.3 is 16.4 Å². The molecule has 4 aromatic rings. The number of benzene rings is 2. The van der Waals surface area contributed by atoms with Crippen LogP contribution < -0.4 is 16.4 Å². The van der Waals surface area contributed by atoms with Gasteiger partial charge in [0.15, 0.2) is 0 Å². The van der Waals surface area contributed by atoms with Crippen LogP contribution in [0.5, 0.6) is 0 Å². The number of rotatable bonds is 4. The fourth-order valence-corrected chi connectivity index (χ4v) is 3.93. The minimum atomic E-state index is -0.278. The second-order valence-electron chi connectivity index (χ2n) is 6.30. The van der Waals surface area contributed by atoms with Gasteiger partial charge in [-0.15, -0.1) is 11.3 Å². The van der Waals surface area contributed by atoms with E-state index in [1.54, 1.807) is 0 Å². The number of nitrogens with one attached hydrogen (secondary N) is 2. The van der Waals surface area contributed by atoms with E-state index in [1.165, 1.54) is 23.2 Å². The topological polar surface area (TPSA) is 92.9 Å². The van der Waals surface area contributed by atoms with Crippen molar-refractivity contribution in [3.05, 3.63) is 65.8 Å². The van der Waals surface area contributed by atoms with Gasteiger partial charge in [0.05, 0.1) is 5.39 Å². The molecule has 6 nitrogen and oxygen atoms in total. The summed E-state index contributed by atoms with van der Waals surface area (Å²) in [6.07, 6.45) is 2.39. The molecule has 140 valence electrons. The van der Waals surface area contributed by atoms with E-state index in [-0.39, 0.29) is 6.03 Å². The Labute approximate surface area is 166 Å². The van der Waals surface area contributed by atoms with Crippen LogP contribution in [0.1, 0.15) is 12.5 Å². The molecule has 0 saturated carbocycles. The molecule has 2 aromatic heterocycles. The zero-order chi connectivity index (χ0) is 19.5. The molecule has 0 radical (unpaired) electrons. The predicted octanol–water partition coefficient (Wildman–Crippen LogP) is 5.15. The molecule has 28 heavy (non-hydrogen) atoms. The van der Waals surface area contributed by atoms with Gasteiger partial charge in [0.25, 0.3) is 0 Å². The highest BCUT2D eigenvalue weighted by Crippen LogP contribution is 2.35. The SMILES string of the molecule is CCc1cccc(NC(=O)Nc2ccc(-c3csc4ncnc(N)c34)cc2)c1. The van der Waals surface area contributed by atoms with Crippen molar-refractivity contribution >= 4 is 44.8 Å². The number of nitrogen functional groups attached to an aromatic ring is 1. The smallest absolute Gasteiger partial charge is 0.323 e. The quantitative estimate of drug-likeness (QED) is 0.450. The average Bonchev–Trinajstić information content (AvgIpc) is 3.14. The summed E-state index contributed by atoms with van der Waals surface area (Å²) in [6, 6.07) is 15.1. The molecule has 0 aliphatic rings. The first-order chi connectivity index (χ1) is 13.6. The number of thiophene rings is 1. The molecule has 2 heterocycles. The van der Waals surface area contributed by atoms with E-state index in [2.05, 4.69) is 27.5 Å². The van der Waals surface area contributed by atoms with Gasteiger partial charge in [-0.25, -0.2) is 14.8 Å². The van der Waals surface area contributed by atoms with Gasteiger partial charge >= 0.3 is 6.03 Å². The van der Waals surface area contributed by atoms with Gasteiger partial charge in [0.1, 0.15) is 17.0 Å². The maximum Gasteiger partial charge on any atom is 0.323 e. The Balaban J connectivity index is 1.49. The van der Waals surface area contributed by atoms with Crippen LogP contribution in [0.15, 0.2) is 60.2 Å². The molecule has 4 N–H and O–H groups in total. The first-order valence-corrected chi connectivity index (χ1v) is 9.77. The number of nitrogens with two attached hydrogens (primary N) is 1. The Morgan fingerprint density at radius 1 is 1.07 bits per heavy atom. The van der Waals surface area contributed by atoms with Crippen molar-refractivity contribution in [3.8, 4) is 11.1 Å². The zero-order valence-corrected chi connectivity index (χ0v) is 16.1. The number of carbonyl (C=O) groups is 1. The molecular formula is C21H19N5OS. The Bertz CT molecular complexity index is 1140. The van der Waals surface area contributed by atoms with Crippen LogP contribution in [0, 0.1) is 0 Å². The Hall–Kier alpha value is -3.45. The largest absolute Gasteiger partial charge is 0.383 e. The predicted molar refractivity (Wildman–Crippen MR) is 116 cm³/mol. The highest BCUT2D eigenvalue weighted by atomic mass is 32.1. The Kier molecular flexibility index (Phi) is 4.90. The summed E-state index contributed by atoms with van der Waals surface area (Å²) in [5.74, 6) is 0.470. The molecule has 0 aliphatic heterocycles. The number of amides is 2. The number of anilines is 3. The molecule has 2 amide bonds. The summed E-state index contributed by atoms with van der Waals surface area (Å²) in [7, 11) is 0. The fraction of sp³-hybridized carbons (Fsp3) is 0.0952. The number of fused-ring (bicyclic) bond motifs is 1. The van der Waals surface area contributed by atoms with Crippen LogP contribution in [-0.4, -0.2) is 16.0 Å². The van der Waals surface area contributed by atoms with Gasteiger partial charge in [-0.2, -0.15) is 0 Å². The van der Waals surface area contributed by atoms with Crippen LogP contribution in [-0.2, 0) is 6.42 Å². The molecule has 7 heteroatoms. The number of urea groups is 1. The molecule has 0 atom stereocenters. The summed E-state index contributed by atoms with van der Waals surface area (Å²) in [5.41, 5.74) is 10.7. The molecule has 0 fully saturated rings. The molecule has 0 spiro atoms. The molecular weight excluding hydrogens is 370 g/mol. The summed E-state index contributed by atoms with van der Waals surface area (Å²) in [4.78, 5) is 21.5. The third-order valence-electron chi connectivity index (χ3n) is 4.45. The number of aryl methyl sites for hydroxylation is 1. The van der Waals surface area contributed by atoms with Crippen molar-refractivity contribution < 1.29 is 4.79 Å². The van der Waals surface area contributed by atoms with E-state index in [0.29, 0.717) is 11.5 Å². The van der Waals surface area contributed by atoms with Crippen molar-refractivity contribution in [1.29, 1.82) is 0 Å². The maximum absolute atomic E-state index is 12.3. The average molecular weight is 389 g/mol. The highest BCUT2D eigenvalue weighted by Gasteiger charge is 2.11. The van der Waals surface area contributed by atoms with Crippen molar-refractivity contribution in [1.82, 2.24) is 9.97 Å². The van der Waals surface area contributed by atoms with E-state index in [9.17, 15) is 4.79 Å². The summed E-state index contributed by atoms with van der Waals surface area (Å²) < 4.78 is 0. The second kappa shape index (κ2) is 7.66. The lowest BCUT2D eigenvalue weighted by Crippen LogP contribution is -2.19. The van der Waals surface area contributed by atoms with Gasteiger partial charge in [-0.1, -0.05) is 31.2 Å². The molecule has 2 aromatic carbocycles. The van der Waals surface area contributed by atoms with Crippen molar-refractivity contribution in [2.45, 2.75) is 13.3 Å². The van der Waals surface area contributed by atoms with E-state index in [0.717, 1.165) is 33.5 Å². The monoisotopic (exact) mass is 389 g/mol. The van der Waals surface area contributed by atoms with Crippen LogP contribution in [0.25, 0.3) is 21.3 Å². The molecule has 0 saturated heterocycles. The van der Waals surface area contributed by atoms with Gasteiger partial charge in [-0.05, 0) is 41.8 Å². The first-order valence-electron chi connectivity index (χ1n) is 8.89. The van der Waals surface area contributed by atoms with Crippen molar-refractivity contribution in [3.63, 3.8) is 0 Å². The molecule has 0 unspecified atom stereocenters. The molecule has 4 rings (SSSR count). The van der Waals surface area contributed by atoms with Crippen LogP contribution in [0.2, 0.25) is 0 Å². The zero-order valence-electron chi connectivity index (χ0n) is 15.3. The number of hydrogen-bond acceptors (Lipinski definition) is 5. The van der Waals surface area contributed by atoms with Crippen LogP contribution in [0.4, 0.5) is 22.0 Å². The minimum absolute atomic E-state index is 0.278. The van der Waals surface area contributed by atoms with Crippen molar-refractivity contribution in [2.24, 2.45) is 0 Å². The summed E-state index contributed by atoms with van der Waals surface area (Å²) >= 11 is 1.53. The lowest BCUT2D eigenvalue weighted by atomic mass is 10.1. The Morgan fingerprint density at radius 2 is 1.86 bits per heavy atom. The third kappa shape index (κ3) is 3.65. The highest BCUT2D eigenvalue weighted by molar-refractivity contribution is 7.17. The lowest BCUT2D eigenvalue weighted by molar-refractivity contribution is 0.262. The maximum atomic E-state index is 12.3. The summed E-state index contributed by atoms with van der Waals surface area (Å²) in [5, 5.41) is 8.59. The van der Waals surface area contributed by atoms with Gasteiger partial charge in [0.2, 0.25) is 0 Å². The normalized spacial score (nSPS) is 10.8. The van der Waals surface area contributed by atoms with E-state index < -0.39 is 0 Å². The van der Waals surface area contributed by atoms with Crippen molar-refractivity contribution in [2.75, 3.05) is 16.4 Å². The minimum Gasteiger partial charge on any atom is -0.383 e. The van der Waals surface area contributed by atoms with E-state index in [4.69, 9.17) is 5.73 Å². The van der Waals surface area contributed by atoms with Crippen LogP contribution >= 0.6 is 11.3 Å². The number of nitrogens with zero attached hydrogens (tertiary/aromatic N) is 2. The van der Waals surface area contributed by atoms with Crippen LogP contribution in [0.3, 0.4) is 0 Å². The number of carbonyl (C=O) groups excluding carboxylic acids is 1. The van der Waals surface area contributed by atoms with Gasteiger partial charge in [-0.3, -0.25) is 0 Å². The number of aromatic nitrogens is 2. The standard InChI is InChI=1S/C21H19N5OS/c1-2-13-4-3-5-16(10-13)26-21(27)25-15-8-6-14(7-9-15)17-11-28-20-18(17)19(22)23-12-24-20/h3-12H,2H2,1H3,(H2,22,23,24)(H2,25,26,27). The second-order valence-corrected chi connectivity index (χ2v) is 7.16. The summed E-state index contributed by atoms with van der Waals surface area (Å²) in [6.45, 7) is 2.08. The number of hydrogen-bond donors (Lipinski definition) is 3. The molecule has 0 aliphatic carbocycles. The Morgan fingerprint density at radius 3 is 2.64 bits per heavy atom. The third-order valence-corrected chi connectivity index (χ3v) is 5.33. The van der Waals surface area contributed by atoms with E-state index in [1.807, 2.05) is 53.9 Å². The lowest BCUT2D eigenvalue weighted by Gasteiger charge is -2.09. The fourth-order valence-electron chi connectivity index (χ4n) is 3.01. The van der Waals surface area contributed by atoms with E-state index >= 15 is 0 Å². The first kappa shape index (κ1) is 17.9. The molecule has 0 bridgehead atoms.